The van der Waals surface area contributed by atoms with Crippen molar-refractivity contribution in [2.75, 3.05) is 18.9 Å². The molecule has 19 nitrogen and oxygen atoms in total. The molecule has 236 valence electrons. The molecule has 3 saturated heterocycles. The van der Waals surface area contributed by atoms with Crippen molar-refractivity contribution in [2.45, 2.75) is 55.3 Å². The Morgan fingerprint density at radius 2 is 1.84 bits per heavy atom. The van der Waals surface area contributed by atoms with Crippen LogP contribution in [0.25, 0.3) is 11.2 Å². The van der Waals surface area contributed by atoms with Gasteiger partial charge < -0.3 is 24.6 Å². The Morgan fingerprint density at radius 1 is 1.09 bits per heavy atom. The third-order valence-corrected chi connectivity index (χ3v) is 9.63. The van der Waals surface area contributed by atoms with Crippen molar-refractivity contribution in [1.82, 2.24) is 24.4 Å². The van der Waals surface area contributed by atoms with Crippen LogP contribution in [-0.4, -0.2) is 124 Å². The standard InChI is InChI=1S/C20H20F2N9O10PS2/c21-9-13-8(39-19(9)31-6-29-12-17(31)26-4-27-18(12)32)2-37-44(34,35)41-14-7(1-36-42(33,43)40-13)38-20(10(14)22)30-5-28-11-15(23)24-3-25-16(11)30/h3-10,12-14,19-20H,1-2H2,(H,33,43)(H2,23,24,25)/t7-,8-,9-,10-,12?,13-,14-,19-,20-,42?/m1/s1. The molecule has 10 atom stereocenters. The Morgan fingerprint density at radius 3 is 2.66 bits per heavy atom. The smallest absolute Gasteiger partial charge is 0.382 e. The molecule has 2 aromatic heterocycles. The summed E-state index contributed by atoms with van der Waals surface area (Å²) in [5, 5.41) is 0. The molecule has 7 heterocycles. The van der Waals surface area contributed by atoms with E-state index in [1.807, 2.05) is 0 Å². The Bertz CT molecular complexity index is 1760. The molecule has 7 rings (SSSR count). The number of hydrogen-bond acceptors (Lipinski definition) is 17. The molecule has 2 unspecified atom stereocenters. The average molecular weight is 680 g/mol. The fourth-order valence-electron chi connectivity index (χ4n) is 5.20. The lowest BCUT2D eigenvalue weighted by Gasteiger charge is -2.27. The topological polar surface area (TPSA) is 237 Å². The zero-order valence-electron chi connectivity index (χ0n) is 21.7. The van der Waals surface area contributed by atoms with Gasteiger partial charge in [0.25, 0.3) is 5.91 Å². The molecule has 3 N–H and O–H groups in total. The lowest BCUT2D eigenvalue weighted by Crippen LogP contribution is -2.47. The second kappa shape index (κ2) is 10.8. The highest BCUT2D eigenvalue weighted by Crippen LogP contribution is 2.50. The molecular formula is C20H20F2N9O10PS2. The highest BCUT2D eigenvalue weighted by molar-refractivity contribution is 8.07. The molecule has 24 heteroatoms. The van der Waals surface area contributed by atoms with Gasteiger partial charge in [0.2, 0.25) is 0 Å². The normalized spacial score (nSPS) is 40.2. The minimum Gasteiger partial charge on any atom is -0.382 e. The predicted octanol–water partition coefficient (Wildman–Crippen LogP) is -1.33. The van der Waals surface area contributed by atoms with Gasteiger partial charge in [-0.15, -0.1) is 0 Å². The summed E-state index contributed by atoms with van der Waals surface area (Å²) in [6, 6.07) is -1.12. The molecule has 0 bridgehead atoms. The van der Waals surface area contributed by atoms with Crippen LogP contribution in [0, 0.1) is 0 Å². The summed E-state index contributed by atoms with van der Waals surface area (Å²) < 4.78 is 90.8. The molecule has 44 heavy (non-hydrogen) atoms. The van der Waals surface area contributed by atoms with Crippen LogP contribution in [0.5, 0.6) is 0 Å². The second-order valence-electron chi connectivity index (χ2n) is 9.83. The average Bonchev–Trinajstić information content (AvgIpc) is 3.73. The molecule has 0 saturated carbocycles. The number of fused-ring (bicyclic) bond motifs is 4. The lowest BCUT2D eigenvalue weighted by atomic mass is 10.1. The van der Waals surface area contributed by atoms with E-state index < -0.39 is 91.5 Å². The van der Waals surface area contributed by atoms with Crippen molar-refractivity contribution in [3.8, 4) is 0 Å². The summed E-state index contributed by atoms with van der Waals surface area (Å²) in [5.41, 5.74) is 6.01. The van der Waals surface area contributed by atoms with Crippen LogP contribution >= 0.6 is 6.72 Å². The largest absolute Gasteiger partial charge is 0.400 e. The van der Waals surface area contributed by atoms with E-state index in [2.05, 4.69) is 29.9 Å². The lowest BCUT2D eigenvalue weighted by molar-refractivity contribution is -0.117. The molecule has 5 aliphatic heterocycles. The summed E-state index contributed by atoms with van der Waals surface area (Å²) in [6.45, 7) is -5.99. The summed E-state index contributed by atoms with van der Waals surface area (Å²) in [7, 11) is -5.00. The monoisotopic (exact) mass is 679 g/mol. The number of aromatic nitrogens is 4. The number of imidazole rings is 1. The highest BCUT2D eigenvalue weighted by atomic mass is 32.5. The number of nitrogen functional groups attached to an aromatic ring is 1. The van der Waals surface area contributed by atoms with Crippen molar-refractivity contribution >= 4 is 70.3 Å². The van der Waals surface area contributed by atoms with Crippen LogP contribution in [0.3, 0.4) is 0 Å². The first kappa shape index (κ1) is 29.7. The summed E-state index contributed by atoms with van der Waals surface area (Å²) >= 11 is 5.08. The minimum atomic E-state index is -5.00. The number of aliphatic imine (C=N–C) groups is 3. The minimum absolute atomic E-state index is 0.000133. The summed E-state index contributed by atoms with van der Waals surface area (Å²) in [4.78, 5) is 47.3. The Kier molecular flexibility index (Phi) is 7.31. The number of nitrogens with zero attached hydrogens (tertiary/aromatic N) is 8. The number of amidine groups is 1. The molecule has 0 radical (unpaired) electrons. The summed E-state index contributed by atoms with van der Waals surface area (Å²) in [6.07, 6.45) is -9.72. The number of rotatable bonds is 2. The molecule has 3 fully saturated rings. The van der Waals surface area contributed by atoms with Crippen molar-refractivity contribution in [2.24, 2.45) is 15.0 Å². The van der Waals surface area contributed by atoms with Crippen LogP contribution in [0.15, 0.2) is 27.6 Å². The number of halogens is 2. The van der Waals surface area contributed by atoms with Gasteiger partial charge in [0.05, 0.1) is 25.9 Å². The van der Waals surface area contributed by atoms with Crippen LogP contribution in [0.1, 0.15) is 6.23 Å². The van der Waals surface area contributed by atoms with Crippen LogP contribution in [-0.2, 0) is 53.9 Å². The first-order valence-corrected chi connectivity index (χ1v) is 16.6. The molecule has 5 aliphatic rings. The zero-order valence-corrected chi connectivity index (χ0v) is 24.2. The number of amides is 1. The maximum Gasteiger partial charge on any atom is 0.400 e. The van der Waals surface area contributed by atoms with Gasteiger partial charge in [0.15, 0.2) is 42.3 Å². The van der Waals surface area contributed by atoms with E-state index in [0.717, 1.165) is 34.8 Å². The molecular weight excluding hydrogens is 659 g/mol. The number of ether oxygens (including phenoxy) is 2. The van der Waals surface area contributed by atoms with E-state index >= 15 is 8.78 Å². The van der Waals surface area contributed by atoms with Crippen molar-refractivity contribution in [1.29, 1.82) is 0 Å². The molecule has 1 amide bonds. The SMILES string of the molecule is Nc1ncnc2c1ncn2[C@@H]1O[C@@H]2COP(O)(=S)O[C@H]3[C@@H](F)[C@H](N4C=NC5C(=O)N=CN=C54)O[C@@H]3COS(=O)(=O)O[C@H]2[C@H]1F. The Labute approximate surface area is 250 Å². The van der Waals surface area contributed by atoms with Crippen molar-refractivity contribution < 1.29 is 53.8 Å². The van der Waals surface area contributed by atoms with Crippen LogP contribution in [0.4, 0.5) is 14.6 Å². The van der Waals surface area contributed by atoms with Gasteiger partial charge in [0, 0.05) is 0 Å². The third kappa shape index (κ3) is 5.11. The Hall–Kier alpha value is -2.99. The number of carbonyl (C=O) groups excluding carboxylic acids is 1. The van der Waals surface area contributed by atoms with Gasteiger partial charge in [-0.1, -0.05) is 0 Å². The van der Waals surface area contributed by atoms with E-state index in [0.29, 0.717) is 0 Å². The van der Waals surface area contributed by atoms with Gasteiger partial charge in [-0.3, -0.25) is 23.8 Å². The number of nitrogens with two attached hydrogens (primary N) is 1. The maximum absolute atomic E-state index is 15.9. The molecule has 2 aromatic rings. The van der Waals surface area contributed by atoms with Crippen LogP contribution in [0.2, 0.25) is 0 Å². The number of alkyl halides is 2. The Balaban J connectivity index is 1.14. The zero-order chi connectivity index (χ0) is 31.0. The van der Waals surface area contributed by atoms with E-state index in [1.165, 1.54) is 0 Å². The molecule has 0 aromatic carbocycles. The first-order valence-electron chi connectivity index (χ1n) is 12.6. The van der Waals surface area contributed by atoms with Gasteiger partial charge in [-0.05, 0) is 11.8 Å². The number of hydrogen-bond donors (Lipinski definition) is 2. The number of carbonyl (C=O) groups is 1. The number of anilines is 1. The van der Waals surface area contributed by atoms with E-state index in [9.17, 15) is 18.1 Å². The van der Waals surface area contributed by atoms with Gasteiger partial charge in [-0.2, -0.15) is 13.4 Å². The quantitative estimate of drug-likeness (QED) is 0.350. The molecule has 0 aliphatic carbocycles. The first-order chi connectivity index (χ1) is 20.9. The van der Waals surface area contributed by atoms with E-state index in [-0.39, 0.29) is 22.8 Å². The van der Waals surface area contributed by atoms with Crippen molar-refractivity contribution in [3.05, 3.63) is 12.7 Å². The van der Waals surface area contributed by atoms with E-state index in [4.69, 9.17) is 44.4 Å². The fourth-order valence-corrected chi connectivity index (χ4v) is 7.49. The maximum atomic E-state index is 15.9. The molecule has 0 spiro atoms. The summed E-state index contributed by atoms with van der Waals surface area (Å²) in [5.74, 6) is -0.634. The van der Waals surface area contributed by atoms with E-state index in [1.54, 1.807) is 0 Å². The van der Waals surface area contributed by atoms with Crippen molar-refractivity contribution in [3.63, 3.8) is 0 Å². The second-order valence-corrected chi connectivity index (χ2v) is 13.9. The highest BCUT2D eigenvalue weighted by Gasteiger charge is 2.55. The van der Waals surface area contributed by atoms with Gasteiger partial charge in [0.1, 0.15) is 48.4 Å². The van der Waals surface area contributed by atoms with Gasteiger partial charge in [-0.25, -0.2) is 37.1 Å². The predicted molar refractivity (Wildman–Crippen MR) is 144 cm³/mol. The van der Waals surface area contributed by atoms with Gasteiger partial charge >= 0.3 is 17.1 Å². The third-order valence-electron chi connectivity index (χ3n) is 7.19. The fraction of sp³-hybridized carbons (Fsp3) is 0.550. The van der Waals surface area contributed by atoms with Crippen LogP contribution < -0.4 is 5.73 Å².